The molecule has 0 bridgehead atoms. The number of carbonyl (C=O) groups excluding carboxylic acids is 1. The molecule has 0 fully saturated rings. The molecule has 8 heavy (non-hydrogen) atoms. The number of rotatable bonds is 3. The Kier molecular flexibility index (Phi) is 3.09. The summed E-state index contributed by atoms with van der Waals surface area (Å²) in [6.07, 6.45) is 0.907. The third-order valence-electron chi connectivity index (χ3n) is 0.739. The average Bonchev–Trinajstić information content (AvgIpc) is 1.67. The summed E-state index contributed by atoms with van der Waals surface area (Å²) in [5.41, 5.74) is 5.19. The van der Waals surface area contributed by atoms with Crippen LogP contribution in [0.15, 0.2) is 0 Å². The van der Waals surface area contributed by atoms with Crippen LogP contribution in [0.25, 0.3) is 0 Å². The van der Waals surface area contributed by atoms with Crippen LogP contribution in [0.3, 0.4) is 0 Å². The molecule has 48 valence electrons. The smallest absolute Gasteiger partial charge is 0.135 e. The fourth-order valence-corrected chi connectivity index (χ4v) is 0.746. The Bertz CT molecular complexity index is 82.5. The highest BCUT2D eigenvalue weighted by molar-refractivity contribution is 8.01. The molecule has 0 saturated heterocycles. The second kappa shape index (κ2) is 3.10. The molecule has 0 aromatic heterocycles. The minimum atomic E-state index is -0.297. The van der Waals surface area contributed by atoms with E-state index in [1.54, 1.807) is 0 Å². The highest BCUT2D eigenvalue weighted by atomic mass is 32.2. The highest BCUT2D eigenvalue weighted by Gasteiger charge is 2.14. The number of carbonyl (C=O) groups is 1. The van der Waals surface area contributed by atoms with Crippen molar-refractivity contribution in [3.8, 4) is 0 Å². The van der Waals surface area contributed by atoms with Gasteiger partial charge in [0.2, 0.25) is 0 Å². The van der Waals surface area contributed by atoms with Gasteiger partial charge >= 0.3 is 0 Å². The molecular weight excluding hydrogens is 122 g/mol. The van der Waals surface area contributed by atoms with Crippen molar-refractivity contribution in [3.05, 3.63) is 0 Å². The van der Waals surface area contributed by atoms with Crippen molar-refractivity contribution in [2.45, 2.75) is 18.6 Å². The highest BCUT2D eigenvalue weighted by Crippen LogP contribution is 2.18. The van der Waals surface area contributed by atoms with Crippen molar-refractivity contribution in [1.82, 2.24) is 0 Å². The lowest BCUT2D eigenvalue weighted by molar-refractivity contribution is -0.109. The van der Waals surface area contributed by atoms with Crippen molar-refractivity contribution in [2.24, 2.45) is 5.73 Å². The molecule has 0 rings (SSSR count). The third kappa shape index (κ3) is 3.04. The minimum absolute atomic E-state index is 0.297. The predicted octanol–water partition coefficient (Wildman–Crippen LogP) is 0.613. The molecule has 0 saturated carbocycles. The first-order chi connectivity index (χ1) is 3.62. The lowest BCUT2D eigenvalue weighted by Gasteiger charge is -2.12. The third-order valence-corrected chi connectivity index (χ3v) is 1.75. The maximum absolute atomic E-state index is 10.1. The van der Waals surface area contributed by atoms with Gasteiger partial charge in [0, 0.05) is 5.88 Å². The van der Waals surface area contributed by atoms with Gasteiger partial charge in [0.05, 0.1) is 4.75 Å². The van der Waals surface area contributed by atoms with Crippen LogP contribution >= 0.6 is 11.8 Å². The van der Waals surface area contributed by atoms with Crippen LogP contribution in [0, 0.1) is 0 Å². The van der Waals surface area contributed by atoms with Gasteiger partial charge in [-0.15, -0.1) is 11.8 Å². The van der Waals surface area contributed by atoms with Crippen LogP contribution in [0.4, 0.5) is 0 Å². The van der Waals surface area contributed by atoms with E-state index in [9.17, 15) is 4.79 Å². The summed E-state index contributed by atoms with van der Waals surface area (Å²) in [4.78, 5) is 10.1. The molecule has 0 spiro atoms. The fraction of sp³-hybridized carbons (Fsp3) is 0.800. The van der Waals surface area contributed by atoms with Crippen molar-refractivity contribution in [1.29, 1.82) is 0 Å². The quantitative estimate of drug-likeness (QED) is 0.453. The molecule has 0 amide bonds. The fourth-order valence-electron chi connectivity index (χ4n) is 0.249. The minimum Gasteiger partial charge on any atom is -0.322 e. The van der Waals surface area contributed by atoms with E-state index < -0.39 is 0 Å². The van der Waals surface area contributed by atoms with Gasteiger partial charge in [-0.3, -0.25) is 0 Å². The Morgan fingerprint density at radius 1 is 1.75 bits per heavy atom. The maximum atomic E-state index is 10.1. The second-order valence-corrected chi connectivity index (χ2v) is 3.71. The molecular formula is C5H11NOS. The topological polar surface area (TPSA) is 43.1 Å². The maximum Gasteiger partial charge on any atom is 0.135 e. The van der Waals surface area contributed by atoms with Crippen molar-refractivity contribution >= 4 is 18.0 Å². The Hall–Kier alpha value is -0.0200. The van der Waals surface area contributed by atoms with Gasteiger partial charge < -0.3 is 10.5 Å². The molecule has 0 radical (unpaired) electrons. The summed E-state index contributed by atoms with van der Waals surface area (Å²) < 4.78 is -0.297. The summed E-state index contributed by atoms with van der Waals surface area (Å²) in [5, 5.41) is 0. The predicted molar refractivity (Wildman–Crippen MR) is 36.8 cm³/mol. The molecule has 0 heterocycles. The first-order valence-corrected chi connectivity index (χ1v) is 3.41. The monoisotopic (exact) mass is 133 g/mol. The lowest BCUT2D eigenvalue weighted by atomic mass is 10.2. The normalized spacial score (nSPS) is 11.4. The number of hydrogen-bond acceptors (Lipinski definition) is 3. The van der Waals surface area contributed by atoms with Crippen LogP contribution in [-0.4, -0.2) is 16.9 Å². The molecule has 2 N–H and O–H groups in total. The number of aldehydes is 1. The van der Waals surface area contributed by atoms with Gasteiger partial charge in [0.25, 0.3) is 0 Å². The molecule has 0 aliphatic carbocycles. The van der Waals surface area contributed by atoms with Crippen molar-refractivity contribution in [2.75, 3.05) is 5.88 Å². The summed E-state index contributed by atoms with van der Waals surface area (Å²) in [6.45, 7) is 3.69. The van der Waals surface area contributed by atoms with Gasteiger partial charge in [-0.1, -0.05) is 0 Å². The average molecular weight is 133 g/mol. The Morgan fingerprint density at radius 2 is 2.25 bits per heavy atom. The van der Waals surface area contributed by atoms with Crippen LogP contribution in [0.2, 0.25) is 0 Å². The van der Waals surface area contributed by atoms with E-state index >= 15 is 0 Å². The standard InChI is InChI=1S/C5H11NOS/c1-5(2,3-7)8-4-6/h3H,4,6H2,1-2H3. The number of hydrogen-bond donors (Lipinski definition) is 1. The molecule has 3 heteroatoms. The largest absolute Gasteiger partial charge is 0.322 e. The molecule has 0 aliphatic rings. The zero-order valence-electron chi connectivity index (χ0n) is 5.18. The van der Waals surface area contributed by atoms with E-state index in [2.05, 4.69) is 0 Å². The zero-order valence-corrected chi connectivity index (χ0v) is 5.99. The SMILES string of the molecule is CC(C)(C=O)SCN. The van der Waals surface area contributed by atoms with E-state index in [1.807, 2.05) is 13.8 Å². The van der Waals surface area contributed by atoms with Gasteiger partial charge in [-0.05, 0) is 13.8 Å². The van der Waals surface area contributed by atoms with E-state index in [0.717, 1.165) is 6.29 Å². The molecule has 2 nitrogen and oxygen atoms in total. The molecule has 0 unspecified atom stereocenters. The van der Waals surface area contributed by atoms with Gasteiger partial charge in [-0.2, -0.15) is 0 Å². The van der Waals surface area contributed by atoms with Crippen LogP contribution in [0.1, 0.15) is 13.8 Å². The Morgan fingerprint density at radius 3 is 2.38 bits per heavy atom. The van der Waals surface area contributed by atoms with Gasteiger partial charge in [-0.25, -0.2) is 0 Å². The number of thioether (sulfide) groups is 1. The first-order valence-electron chi connectivity index (χ1n) is 2.43. The summed E-state index contributed by atoms with van der Waals surface area (Å²) in [5.74, 6) is 0.506. The summed E-state index contributed by atoms with van der Waals surface area (Å²) in [7, 11) is 0. The van der Waals surface area contributed by atoms with Crippen LogP contribution in [0.5, 0.6) is 0 Å². The first kappa shape index (κ1) is 7.98. The molecule has 0 aliphatic heterocycles. The summed E-state index contributed by atoms with van der Waals surface area (Å²) in [6, 6.07) is 0. The van der Waals surface area contributed by atoms with Gasteiger partial charge in [0.1, 0.15) is 6.29 Å². The van der Waals surface area contributed by atoms with Gasteiger partial charge in [0.15, 0.2) is 0 Å². The Balaban J connectivity index is 3.53. The molecule has 0 aromatic rings. The van der Waals surface area contributed by atoms with E-state index in [4.69, 9.17) is 5.73 Å². The van der Waals surface area contributed by atoms with Crippen molar-refractivity contribution < 1.29 is 4.79 Å². The van der Waals surface area contributed by atoms with Crippen LogP contribution < -0.4 is 5.73 Å². The van der Waals surface area contributed by atoms with E-state index in [-0.39, 0.29) is 4.75 Å². The van der Waals surface area contributed by atoms with E-state index in [0.29, 0.717) is 5.88 Å². The van der Waals surface area contributed by atoms with E-state index in [1.165, 1.54) is 11.8 Å². The zero-order chi connectivity index (χ0) is 6.62. The molecule has 0 atom stereocenters. The molecule has 0 aromatic carbocycles. The second-order valence-electron chi connectivity index (χ2n) is 2.03. The lowest BCUT2D eigenvalue weighted by Crippen LogP contribution is -2.18. The summed E-state index contributed by atoms with van der Waals surface area (Å²) >= 11 is 1.44. The van der Waals surface area contributed by atoms with Crippen LogP contribution in [-0.2, 0) is 4.79 Å². The number of nitrogens with two attached hydrogens (primary N) is 1. The van der Waals surface area contributed by atoms with Crippen molar-refractivity contribution in [3.63, 3.8) is 0 Å². The Labute approximate surface area is 53.8 Å².